The lowest BCUT2D eigenvalue weighted by Gasteiger charge is -2.34. The third-order valence-electron chi connectivity index (χ3n) is 4.46. The van der Waals surface area contributed by atoms with Gasteiger partial charge >= 0.3 is 0 Å². The Kier molecular flexibility index (Phi) is 5.72. The third kappa shape index (κ3) is 4.07. The summed E-state index contributed by atoms with van der Waals surface area (Å²) in [6, 6.07) is 13.0. The number of benzene rings is 2. The standard InChI is InChI=1S/C19H22ClFN2O/c1-24-18-8-7-16(21)11-14(18)12-23-17-6-3-9-22-19(17)13-4-2-5-15(20)10-13/h2,4-5,7-8,10-11,17,19,22-23H,3,6,9,12H2,1H3/t17-,19-/m0/s1. The summed E-state index contributed by atoms with van der Waals surface area (Å²) >= 11 is 6.14. The largest absolute Gasteiger partial charge is 0.496 e. The van der Waals surface area contributed by atoms with Crippen molar-refractivity contribution in [2.45, 2.75) is 31.5 Å². The molecule has 0 aromatic heterocycles. The lowest BCUT2D eigenvalue weighted by atomic mass is 9.92. The summed E-state index contributed by atoms with van der Waals surface area (Å²) in [4.78, 5) is 0. The molecule has 0 bridgehead atoms. The zero-order chi connectivity index (χ0) is 16.9. The van der Waals surface area contributed by atoms with Gasteiger partial charge in [0.25, 0.3) is 0 Å². The van der Waals surface area contributed by atoms with Gasteiger partial charge in [-0.05, 0) is 55.3 Å². The quantitative estimate of drug-likeness (QED) is 0.854. The molecule has 24 heavy (non-hydrogen) atoms. The summed E-state index contributed by atoms with van der Waals surface area (Å²) in [7, 11) is 1.60. The summed E-state index contributed by atoms with van der Waals surface area (Å²) < 4.78 is 18.9. The minimum Gasteiger partial charge on any atom is -0.496 e. The molecule has 1 heterocycles. The molecule has 5 heteroatoms. The fourth-order valence-corrected chi connectivity index (χ4v) is 3.48. The average molecular weight is 349 g/mol. The first-order chi connectivity index (χ1) is 11.7. The zero-order valence-electron chi connectivity index (χ0n) is 13.7. The molecule has 3 nitrogen and oxygen atoms in total. The summed E-state index contributed by atoms with van der Waals surface area (Å²) in [5.74, 6) is 0.452. The summed E-state index contributed by atoms with van der Waals surface area (Å²) in [5, 5.41) is 7.86. The number of methoxy groups -OCH3 is 1. The van der Waals surface area contributed by atoms with E-state index in [0.29, 0.717) is 12.3 Å². The molecule has 2 N–H and O–H groups in total. The first-order valence-corrected chi connectivity index (χ1v) is 8.60. The Labute approximate surface area is 147 Å². The number of piperidine rings is 1. The zero-order valence-corrected chi connectivity index (χ0v) is 14.4. The van der Waals surface area contributed by atoms with E-state index >= 15 is 0 Å². The molecule has 128 valence electrons. The van der Waals surface area contributed by atoms with E-state index in [-0.39, 0.29) is 17.9 Å². The molecule has 2 aromatic rings. The molecule has 1 aliphatic heterocycles. The second-order valence-corrected chi connectivity index (χ2v) is 6.51. The van der Waals surface area contributed by atoms with E-state index in [9.17, 15) is 4.39 Å². The predicted molar refractivity (Wildman–Crippen MR) is 95.0 cm³/mol. The summed E-state index contributed by atoms with van der Waals surface area (Å²) in [5.41, 5.74) is 2.00. The van der Waals surface area contributed by atoms with Gasteiger partial charge in [-0.2, -0.15) is 0 Å². The Morgan fingerprint density at radius 3 is 2.96 bits per heavy atom. The van der Waals surface area contributed by atoms with Gasteiger partial charge in [-0.3, -0.25) is 0 Å². The Morgan fingerprint density at radius 2 is 2.17 bits per heavy atom. The molecule has 0 saturated carbocycles. The second-order valence-electron chi connectivity index (χ2n) is 6.07. The molecule has 1 fully saturated rings. The molecule has 1 aliphatic rings. The predicted octanol–water partition coefficient (Wildman–Crippen LogP) is 4.07. The lowest BCUT2D eigenvalue weighted by molar-refractivity contribution is 0.302. The van der Waals surface area contributed by atoms with Gasteiger partial charge in [0.2, 0.25) is 0 Å². The monoisotopic (exact) mass is 348 g/mol. The molecule has 0 unspecified atom stereocenters. The van der Waals surface area contributed by atoms with E-state index in [4.69, 9.17) is 16.3 Å². The molecular weight excluding hydrogens is 327 g/mol. The number of hydrogen-bond donors (Lipinski definition) is 2. The van der Waals surface area contributed by atoms with Crippen LogP contribution >= 0.6 is 11.6 Å². The Hall–Kier alpha value is -1.62. The van der Waals surface area contributed by atoms with Gasteiger partial charge in [0.05, 0.1) is 7.11 Å². The fraction of sp³-hybridized carbons (Fsp3) is 0.368. The normalized spacial score (nSPS) is 20.8. The Morgan fingerprint density at radius 1 is 1.29 bits per heavy atom. The van der Waals surface area contributed by atoms with Crippen LogP contribution in [-0.2, 0) is 6.54 Å². The number of ether oxygens (including phenoxy) is 1. The van der Waals surface area contributed by atoms with Crippen LogP contribution in [0.3, 0.4) is 0 Å². The van der Waals surface area contributed by atoms with Crippen molar-refractivity contribution in [2.24, 2.45) is 0 Å². The molecular formula is C19H22ClFN2O. The van der Waals surface area contributed by atoms with Crippen molar-refractivity contribution in [1.29, 1.82) is 0 Å². The Bertz CT molecular complexity index is 695. The molecule has 2 aromatic carbocycles. The highest BCUT2D eigenvalue weighted by atomic mass is 35.5. The molecule has 0 spiro atoms. The van der Waals surface area contributed by atoms with Gasteiger partial charge in [-0.15, -0.1) is 0 Å². The van der Waals surface area contributed by atoms with Gasteiger partial charge < -0.3 is 15.4 Å². The number of nitrogens with one attached hydrogen (secondary N) is 2. The summed E-state index contributed by atoms with van der Waals surface area (Å²) in [6.07, 6.45) is 2.16. The van der Waals surface area contributed by atoms with Gasteiger partial charge in [-0.1, -0.05) is 23.7 Å². The fourth-order valence-electron chi connectivity index (χ4n) is 3.28. The highest BCUT2D eigenvalue weighted by molar-refractivity contribution is 6.30. The molecule has 0 amide bonds. The summed E-state index contributed by atoms with van der Waals surface area (Å²) in [6.45, 7) is 1.54. The van der Waals surface area contributed by atoms with Gasteiger partial charge in [0.1, 0.15) is 11.6 Å². The highest BCUT2D eigenvalue weighted by Crippen LogP contribution is 2.27. The van der Waals surface area contributed by atoms with Crippen LogP contribution in [0.2, 0.25) is 5.02 Å². The molecule has 0 aliphatic carbocycles. The number of rotatable bonds is 5. The first-order valence-electron chi connectivity index (χ1n) is 8.22. The maximum absolute atomic E-state index is 13.5. The molecule has 2 atom stereocenters. The van der Waals surface area contributed by atoms with Crippen molar-refractivity contribution in [3.63, 3.8) is 0 Å². The van der Waals surface area contributed by atoms with Gasteiger partial charge in [-0.25, -0.2) is 4.39 Å². The van der Waals surface area contributed by atoms with Crippen molar-refractivity contribution >= 4 is 11.6 Å². The smallest absolute Gasteiger partial charge is 0.123 e. The van der Waals surface area contributed by atoms with E-state index in [1.807, 2.05) is 18.2 Å². The van der Waals surface area contributed by atoms with Crippen LogP contribution in [0.15, 0.2) is 42.5 Å². The van der Waals surface area contributed by atoms with Crippen molar-refractivity contribution < 1.29 is 9.13 Å². The van der Waals surface area contributed by atoms with Gasteiger partial charge in [0, 0.05) is 29.2 Å². The van der Waals surface area contributed by atoms with Crippen molar-refractivity contribution in [1.82, 2.24) is 10.6 Å². The van der Waals surface area contributed by atoms with E-state index in [1.165, 1.54) is 17.7 Å². The third-order valence-corrected chi connectivity index (χ3v) is 4.70. The van der Waals surface area contributed by atoms with E-state index in [0.717, 1.165) is 30.0 Å². The number of hydrogen-bond acceptors (Lipinski definition) is 3. The SMILES string of the molecule is COc1ccc(F)cc1CN[C@H]1CCCN[C@H]1c1cccc(Cl)c1. The van der Waals surface area contributed by atoms with Crippen LogP contribution in [0.5, 0.6) is 5.75 Å². The number of halogens is 2. The second kappa shape index (κ2) is 7.97. The van der Waals surface area contributed by atoms with Crippen LogP contribution in [-0.4, -0.2) is 19.7 Å². The van der Waals surface area contributed by atoms with Crippen molar-refractivity contribution in [3.8, 4) is 5.75 Å². The van der Waals surface area contributed by atoms with Crippen LogP contribution in [0.4, 0.5) is 4.39 Å². The van der Waals surface area contributed by atoms with Crippen LogP contribution in [0.1, 0.15) is 30.0 Å². The topological polar surface area (TPSA) is 33.3 Å². The average Bonchev–Trinajstić information content (AvgIpc) is 2.60. The van der Waals surface area contributed by atoms with Gasteiger partial charge in [0.15, 0.2) is 0 Å². The van der Waals surface area contributed by atoms with Crippen LogP contribution in [0.25, 0.3) is 0 Å². The maximum Gasteiger partial charge on any atom is 0.123 e. The van der Waals surface area contributed by atoms with E-state index in [2.05, 4.69) is 16.7 Å². The van der Waals surface area contributed by atoms with Crippen LogP contribution in [0, 0.1) is 5.82 Å². The maximum atomic E-state index is 13.5. The van der Waals surface area contributed by atoms with Crippen LogP contribution < -0.4 is 15.4 Å². The van der Waals surface area contributed by atoms with E-state index in [1.54, 1.807) is 13.2 Å². The lowest BCUT2D eigenvalue weighted by Crippen LogP contribution is -2.45. The first kappa shape index (κ1) is 17.2. The van der Waals surface area contributed by atoms with E-state index < -0.39 is 0 Å². The highest BCUT2D eigenvalue weighted by Gasteiger charge is 2.26. The molecule has 3 rings (SSSR count). The van der Waals surface area contributed by atoms with Crippen molar-refractivity contribution in [2.75, 3.05) is 13.7 Å². The molecule has 1 saturated heterocycles. The molecule has 0 radical (unpaired) electrons. The Balaban J connectivity index is 1.74. The van der Waals surface area contributed by atoms with Crippen molar-refractivity contribution in [3.05, 3.63) is 64.4 Å². The minimum absolute atomic E-state index is 0.192. The minimum atomic E-state index is -0.249.